The van der Waals surface area contributed by atoms with E-state index >= 15 is 0 Å². The van der Waals surface area contributed by atoms with E-state index in [1.165, 1.54) is 19.2 Å². The van der Waals surface area contributed by atoms with E-state index in [4.69, 9.17) is 16.3 Å². The average molecular weight is 202 g/mol. The summed E-state index contributed by atoms with van der Waals surface area (Å²) in [6.07, 6.45) is 0. The summed E-state index contributed by atoms with van der Waals surface area (Å²) in [5, 5.41) is 10.5. The van der Waals surface area contributed by atoms with Gasteiger partial charge in [0, 0.05) is 12.1 Å². The zero-order valence-electron chi connectivity index (χ0n) is 7.20. The number of rotatable bonds is 2. The number of aryl methyl sites for hydroxylation is 1. The lowest BCUT2D eigenvalue weighted by molar-refractivity contribution is -0.384. The predicted octanol–water partition coefficient (Wildman–Crippen LogP) is 2.57. The van der Waals surface area contributed by atoms with Gasteiger partial charge >= 0.3 is 0 Å². The molecular formula is C8H8ClNO3. The Hall–Kier alpha value is -1.29. The number of methoxy groups -OCH3 is 1. The Bertz CT molecular complexity index is 351. The van der Waals surface area contributed by atoms with Gasteiger partial charge in [-0.05, 0) is 12.5 Å². The highest BCUT2D eigenvalue weighted by atomic mass is 35.5. The molecule has 70 valence electrons. The third-order valence-corrected chi connectivity index (χ3v) is 1.96. The van der Waals surface area contributed by atoms with Crippen LogP contribution >= 0.6 is 11.6 Å². The van der Waals surface area contributed by atoms with Gasteiger partial charge in [-0.15, -0.1) is 0 Å². The molecule has 0 heterocycles. The second-order valence-corrected chi connectivity index (χ2v) is 2.94. The summed E-state index contributed by atoms with van der Waals surface area (Å²) in [5.41, 5.74) is 0.596. The maximum Gasteiger partial charge on any atom is 0.288 e. The number of halogens is 1. The fraction of sp³-hybridized carbons (Fsp3) is 0.250. The van der Waals surface area contributed by atoms with Crippen molar-refractivity contribution < 1.29 is 9.66 Å². The maximum atomic E-state index is 10.5. The topological polar surface area (TPSA) is 52.4 Å². The van der Waals surface area contributed by atoms with Crippen LogP contribution in [0.2, 0.25) is 5.02 Å². The molecule has 0 bridgehead atoms. The number of ether oxygens (including phenoxy) is 1. The highest BCUT2D eigenvalue weighted by molar-refractivity contribution is 6.32. The predicted molar refractivity (Wildman–Crippen MR) is 49.4 cm³/mol. The third-order valence-electron chi connectivity index (χ3n) is 1.66. The number of benzene rings is 1. The molecule has 0 aliphatic rings. The Labute approximate surface area is 80.2 Å². The summed E-state index contributed by atoms with van der Waals surface area (Å²) in [4.78, 5) is 9.93. The van der Waals surface area contributed by atoms with Crippen molar-refractivity contribution in [2.45, 2.75) is 6.92 Å². The molecule has 0 aliphatic heterocycles. The maximum absolute atomic E-state index is 10.5. The van der Waals surface area contributed by atoms with Gasteiger partial charge in [0.05, 0.1) is 12.0 Å². The molecule has 0 spiro atoms. The minimum absolute atomic E-state index is 0.0902. The van der Waals surface area contributed by atoms with Crippen molar-refractivity contribution >= 4 is 17.3 Å². The van der Waals surface area contributed by atoms with Gasteiger partial charge in [0.25, 0.3) is 5.69 Å². The van der Waals surface area contributed by atoms with Gasteiger partial charge in [-0.1, -0.05) is 11.6 Å². The summed E-state index contributed by atoms with van der Waals surface area (Å²) in [7, 11) is 1.49. The van der Waals surface area contributed by atoms with Crippen LogP contribution in [0.15, 0.2) is 12.1 Å². The summed E-state index contributed by atoms with van der Waals surface area (Å²) >= 11 is 5.65. The van der Waals surface area contributed by atoms with Gasteiger partial charge in [-0.2, -0.15) is 0 Å². The van der Waals surface area contributed by atoms with Crippen LogP contribution in [0.3, 0.4) is 0 Å². The van der Waals surface area contributed by atoms with E-state index in [2.05, 4.69) is 0 Å². The van der Waals surface area contributed by atoms with Crippen molar-refractivity contribution in [3.63, 3.8) is 0 Å². The molecule has 0 atom stereocenters. The van der Waals surface area contributed by atoms with Gasteiger partial charge in [-0.25, -0.2) is 0 Å². The van der Waals surface area contributed by atoms with Crippen molar-refractivity contribution in [3.05, 3.63) is 32.8 Å². The lowest BCUT2D eigenvalue weighted by atomic mass is 10.2. The van der Waals surface area contributed by atoms with Crippen molar-refractivity contribution in [1.29, 1.82) is 0 Å². The van der Waals surface area contributed by atoms with E-state index in [0.717, 1.165) is 0 Å². The lowest BCUT2D eigenvalue weighted by Crippen LogP contribution is -1.93. The van der Waals surface area contributed by atoms with E-state index in [1.54, 1.807) is 6.92 Å². The molecule has 0 saturated heterocycles. The molecular weight excluding hydrogens is 194 g/mol. The highest BCUT2D eigenvalue weighted by Gasteiger charge is 2.14. The number of nitro groups is 1. The van der Waals surface area contributed by atoms with Crippen LogP contribution in [0.25, 0.3) is 0 Å². The van der Waals surface area contributed by atoms with Gasteiger partial charge in [0.1, 0.15) is 10.8 Å². The van der Waals surface area contributed by atoms with E-state index in [9.17, 15) is 10.1 Å². The van der Waals surface area contributed by atoms with Crippen molar-refractivity contribution in [1.82, 2.24) is 0 Å². The third kappa shape index (κ3) is 1.89. The molecule has 4 nitrogen and oxygen atoms in total. The SMILES string of the molecule is COc1cc(Cl)c([N+](=O)[O-])cc1C. The molecule has 13 heavy (non-hydrogen) atoms. The summed E-state index contributed by atoms with van der Waals surface area (Å²) in [6, 6.07) is 2.83. The largest absolute Gasteiger partial charge is 0.496 e. The number of nitro benzene ring substituents is 1. The second-order valence-electron chi connectivity index (χ2n) is 2.53. The number of hydrogen-bond donors (Lipinski definition) is 0. The van der Waals surface area contributed by atoms with Gasteiger partial charge in [0.2, 0.25) is 0 Å². The van der Waals surface area contributed by atoms with Crippen molar-refractivity contribution in [2.24, 2.45) is 0 Å². The minimum Gasteiger partial charge on any atom is -0.496 e. The first kappa shape index (κ1) is 9.80. The summed E-state index contributed by atoms with van der Waals surface area (Å²) in [6.45, 7) is 1.72. The van der Waals surface area contributed by atoms with Gasteiger partial charge in [-0.3, -0.25) is 10.1 Å². The van der Waals surface area contributed by atoms with Crippen LogP contribution in [0.4, 0.5) is 5.69 Å². The summed E-state index contributed by atoms with van der Waals surface area (Å²) < 4.78 is 4.95. The second kappa shape index (κ2) is 3.62. The van der Waals surface area contributed by atoms with E-state index in [0.29, 0.717) is 11.3 Å². The smallest absolute Gasteiger partial charge is 0.288 e. The highest BCUT2D eigenvalue weighted by Crippen LogP contribution is 2.31. The Morgan fingerprint density at radius 2 is 2.15 bits per heavy atom. The zero-order chi connectivity index (χ0) is 10.0. The molecule has 0 unspecified atom stereocenters. The Morgan fingerprint density at radius 1 is 1.54 bits per heavy atom. The van der Waals surface area contributed by atoms with Crippen LogP contribution in [0.5, 0.6) is 5.75 Å². The first-order chi connectivity index (χ1) is 6.06. The number of hydrogen-bond acceptors (Lipinski definition) is 3. The molecule has 0 radical (unpaired) electrons. The monoisotopic (exact) mass is 201 g/mol. The van der Waals surface area contributed by atoms with Crippen molar-refractivity contribution in [2.75, 3.05) is 7.11 Å². The first-order valence-electron chi connectivity index (χ1n) is 3.54. The van der Waals surface area contributed by atoms with Gasteiger partial charge in [0.15, 0.2) is 0 Å². The average Bonchev–Trinajstić information content (AvgIpc) is 2.07. The quantitative estimate of drug-likeness (QED) is 0.546. The van der Waals surface area contributed by atoms with Crippen LogP contribution in [0.1, 0.15) is 5.56 Å². The molecule has 0 N–H and O–H groups in total. The summed E-state index contributed by atoms with van der Waals surface area (Å²) in [5.74, 6) is 0.551. The lowest BCUT2D eigenvalue weighted by Gasteiger charge is -2.04. The van der Waals surface area contributed by atoms with Crippen LogP contribution in [-0.4, -0.2) is 12.0 Å². The fourth-order valence-electron chi connectivity index (χ4n) is 1.01. The van der Waals surface area contributed by atoms with E-state index in [-0.39, 0.29) is 10.7 Å². The molecule has 1 rings (SSSR count). The molecule has 5 heteroatoms. The molecule has 0 saturated carbocycles. The first-order valence-corrected chi connectivity index (χ1v) is 3.92. The van der Waals surface area contributed by atoms with Crippen LogP contribution < -0.4 is 4.74 Å². The van der Waals surface area contributed by atoms with E-state index < -0.39 is 4.92 Å². The number of nitrogens with zero attached hydrogens (tertiary/aromatic N) is 1. The van der Waals surface area contributed by atoms with Crippen LogP contribution in [-0.2, 0) is 0 Å². The van der Waals surface area contributed by atoms with Crippen LogP contribution in [0, 0.1) is 17.0 Å². The normalized spacial score (nSPS) is 9.77. The minimum atomic E-state index is -0.519. The standard InChI is InChI=1S/C8H8ClNO3/c1-5-3-7(10(11)12)6(9)4-8(5)13-2/h3-4H,1-2H3. The molecule has 0 aliphatic carbocycles. The molecule has 0 amide bonds. The van der Waals surface area contributed by atoms with Crippen molar-refractivity contribution in [3.8, 4) is 5.75 Å². The Kier molecular flexibility index (Phi) is 2.72. The van der Waals surface area contributed by atoms with E-state index in [1.807, 2.05) is 0 Å². The molecule has 1 aromatic rings. The Morgan fingerprint density at radius 3 is 2.62 bits per heavy atom. The fourth-order valence-corrected chi connectivity index (χ4v) is 1.23. The molecule has 1 aromatic carbocycles. The zero-order valence-corrected chi connectivity index (χ0v) is 7.96. The Balaban J connectivity index is 3.28. The molecule has 0 aromatic heterocycles. The molecule has 0 fully saturated rings. The van der Waals surface area contributed by atoms with Gasteiger partial charge < -0.3 is 4.74 Å².